The van der Waals surface area contributed by atoms with Gasteiger partial charge in [-0.1, -0.05) is 12.1 Å². The third kappa shape index (κ3) is 4.03. The van der Waals surface area contributed by atoms with Crippen molar-refractivity contribution in [3.8, 4) is 6.07 Å². The topological polar surface area (TPSA) is 120 Å². The number of anilines is 3. The molecule has 0 saturated carbocycles. The summed E-state index contributed by atoms with van der Waals surface area (Å²) < 4.78 is 5.25. The number of nitriles is 1. The number of Topliss-reactive ketones (excluding diaryl/α,β-unsaturated/α-hetero) is 1. The van der Waals surface area contributed by atoms with Crippen LogP contribution in [-0.4, -0.2) is 50.5 Å². The molecule has 1 fully saturated rings. The summed E-state index contributed by atoms with van der Waals surface area (Å²) in [6.45, 7) is 0.785. The van der Waals surface area contributed by atoms with Crippen LogP contribution in [0.3, 0.4) is 0 Å². The zero-order valence-electron chi connectivity index (χ0n) is 18.9. The van der Waals surface area contributed by atoms with Gasteiger partial charge < -0.3 is 19.4 Å². The quantitative estimate of drug-likeness (QED) is 0.210. The third-order valence-electron chi connectivity index (χ3n) is 6.05. The Morgan fingerprint density at radius 2 is 1.68 bits per heavy atom. The highest BCUT2D eigenvalue weighted by molar-refractivity contribution is 6.05. The molecule has 2 heterocycles. The highest BCUT2D eigenvalue weighted by atomic mass is 16.6. The number of esters is 1. The van der Waals surface area contributed by atoms with Gasteiger partial charge in [-0.2, -0.15) is 5.26 Å². The second kappa shape index (κ2) is 9.23. The van der Waals surface area contributed by atoms with Gasteiger partial charge in [-0.05, 0) is 31.0 Å². The molecule has 0 aliphatic carbocycles. The Morgan fingerprint density at radius 1 is 1.06 bits per heavy atom. The van der Waals surface area contributed by atoms with E-state index in [2.05, 4.69) is 0 Å². The number of carbonyl (C=O) groups is 2. The molecule has 0 atom stereocenters. The summed E-state index contributed by atoms with van der Waals surface area (Å²) in [4.78, 5) is 41.9. The maximum Gasteiger partial charge on any atom is 0.340 e. The first-order valence-electron chi connectivity index (χ1n) is 10.8. The zero-order chi connectivity index (χ0) is 24.4. The Hall–Kier alpha value is -4.39. The number of hydrogen-bond donors (Lipinski definition) is 0. The number of rotatable bonds is 6. The zero-order valence-corrected chi connectivity index (χ0v) is 18.9. The molecule has 1 saturated heterocycles. The van der Waals surface area contributed by atoms with Crippen LogP contribution in [0, 0.1) is 21.4 Å². The normalized spacial score (nSPS) is 14.6. The van der Waals surface area contributed by atoms with Gasteiger partial charge in [0.15, 0.2) is 6.61 Å². The number of ketones is 1. The van der Waals surface area contributed by atoms with E-state index in [9.17, 15) is 25.0 Å². The minimum absolute atomic E-state index is 0.0255. The van der Waals surface area contributed by atoms with E-state index >= 15 is 0 Å². The second-order valence-electron chi connectivity index (χ2n) is 8.07. The fourth-order valence-corrected chi connectivity index (χ4v) is 4.37. The number of nitro groups is 1. The second-order valence-corrected chi connectivity index (χ2v) is 8.07. The largest absolute Gasteiger partial charge is 0.454 e. The lowest BCUT2D eigenvalue weighted by Gasteiger charge is -2.21. The van der Waals surface area contributed by atoms with E-state index in [0.717, 1.165) is 37.3 Å². The van der Waals surface area contributed by atoms with Crippen LogP contribution in [0.15, 0.2) is 53.9 Å². The van der Waals surface area contributed by atoms with Crippen molar-refractivity contribution in [3.63, 3.8) is 0 Å². The first kappa shape index (κ1) is 22.8. The smallest absolute Gasteiger partial charge is 0.340 e. The molecule has 2 aromatic rings. The van der Waals surface area contributed by atoms with E-state index in [0.29, 0.717) is 11.5 Å². The minimum Gasteiger partial charge on any atom is -0.454 e. The van der Waals surface area contributed by atoms with Crippen LogP contribution in [0.2, 0.25) is 0 Å². The summed E-state index contributed by atoms with van der Waals surface area (Å²) in [7, 11) is 3.50. The van der Waals surface area contributed by atoms with Gasteiger partial charge in [-0.15, -0.1) is 0 Å². The molecule has 0 N–H and O–H groups in total. The van der Waals surface area contributed by atoms with Crippen molar-refractivity contribution in [1.82, 2.24) is 0 Å². The SMILES string of the molecule is CN1C(=C(C#N)C(=O)COC(=O)c2cc([N+](=O)[O-])ccc2N2CCCC2)N(C)c2ccccc21. The Kier molecular flexibility index (Phi) is 6.19. The van der Waals surface area contributed by atoms with E-state index < -0.39 is 23.3 Å². The molecule has 0 bridgehead atoms. The van der Waals surface area contributed by atoms with Gasteiger partial charge in [-0.3, -0.25) is 14.9 Å². The first-order valence-corrected chi connectivity index (χ1v) is 10.8. The Balaban J connectivity index is 1.57. The molecule has 4 rings (SSSR count). The van der Waals surface area contributed by atoms with Crippen LogP contribution in [-0.2, 0) is 9.53 Å². The predicted molar refractivity (Wildman–Crippen MR) is 126 cm³/mol. The molecule has 0 amide bonds. The predicted octanol–water partition coefficient (Wildman–Crippen LogP) is 3.24. The van der Waals surface area contributed by atoms with Crippen LogP contribution in [0.4, 0.5) is 22.7 Å². The summed E-state index contributed by atoms with van der Waals surface area (Å²) in [5, 5.41) is 21.0. The van der Waals surface area contributed by atoms with Crippen molar-refractivity contribution in [2.75, 3.05) is 48.5 Å². The molecule has 2 aliphatic heterocycles. The lowest BCUT2D eigenvalue weighted by Crippen LogP contribution is -2.28. The van der Waals surface area contributed by atoms with Crippen LogP contribution in [0.5, 0.6) is 0 Å². The number of hydrogen-bond acceptors (Lipinski definition) is 9. The monoisotopic (exact) mass is 461 g/mol. The van der Waals surface area contributed by atoms with Crippen LogP contribution < -0.4 is 14.7 Å². The van der Waals surface area contributed by atoms with Crippen molar-refractivity contribution in [3.05, 3.63) is 69.5 Å². The van der Waals surface area contributed by atoms with Crippen molar-refractivity contribution < 1.29 is 19.2 Å². The van der Waals surface area contributed by atoms with Gasteiger partial charge in [0.25, 0.3) is 5.69 Å². The molecule has 0 radical (unpaired) electrons. The average molecular weight is 461 g/mol. The van der Waals surface area contributed by atoms with Crippen molar-refractivity contribution in [2.45, 2.75) is 12.8 Å². The summed E-state index contributed by atoms with van der Waals surface area (Å²) >= 11 is 0. The molecular weight excluding hydrogens is 438 g/mol. The van der Waals surface area contributed by atoms with Gasteiger partial charge in [0.05, 0.1) is 27.5 Å². The number of carbonyl (C=O) groups excluding carboxylic acids is 2. The fourth-order valence-electron chi connectivity index (χ4n) is 4.37. The van der Waals surface area contributed by atoms with Crippen molar-refractivity contribution >= 4 is 34.5 Å². The fraction of sp³-hybridized carbons (Fsp3) is 0.292. The summed E-state index contributed by atoms with van der Waals surface area (Å²) in [5.41, 5.74) is 1.84. The molecule has 0 spiro atoms. The number of ether oxygens (including phenoxy) is 1. The summed E-state index contributed by atoms with van der Waals surface area (Å²) in [6, 6.07) is 13.5. The lowest BCUT2D eigenvalue weighted by atomic mass is 10.1. The van der Waals surface area contributed by atoms with Crippen molar-refractivity contribution in [1.29, 1.82) is 5.26 Å². The highest BCUT2D eigenvalue weighted by Gasteiger charge is 2.32. The van der Waals surface area contributed by atoms with Gasteiger partial charge in [0, 0.05) is 39.3 Å². The standard InChI is InChI=1S/C24H23N5O5/c1-26-20-7-3-4-8-21(20)27(2)23(26)18(14-25)22(30)15-34-24(31)17-13-16(29(32)33)9-10-19(17)28-11-5-6-12-28/h3-4,7-10,13H,5-6,11-12,15H2,1-2H3. The maximum absolute atomic E-state index is 12.9. The Labute approximate surface area is 196 Å². The highest BCUT2D eigenvalue weighted by Crippen LogP contribution is 2.40. The molecule has 0 aromatic heterocycles. The molecule has 34 heavy (non-hydrogen) atoms. The van der Waals surface area contributed by atoms with E-state index in [-0.39, 0.29) is 16.8 Å². The van der Waals surface area contributed by atoms with Gasteiger partial charge >= 0.3 is 5.97 Å². The number of benzene rings is 2. The molecular formula is C24H23N5O5. The van der Waals surface area contributed by atoms with E-state index in [1.807, 2.05) is 35.2 Å². The lowest BCUT2D eigenvalue weighted by molar-refractivity contribution is -0.384. The van der Waals surface area contributed by atoms with Gasteiger partial charge in [-0.25, -0.2) is 4.79 Å². The van der Waals surface area contributed by atoms with E-state index in [1.54, 1.807) is 23.9 Å². The minimum atomic E-state index is -0.849. The van der Waals surface area contributed by atoms with E-state index in [4.69, 9.17) is 4.74 Å². The molecule has 174 valence electrons. The van der Waals surface area contributed by atoms with Crippen molar-refractivity contribution in [2.24, 2.45) is 0 Å². The van der Waals surface area contributed by atoms with Crippen LogP contribution in [0.1, 0.15) is 23.2 Å². The molecule has 0 unspecified atom stereocenters. The Bertz CT molecular complexity index is 1210. The third-order valence-corrected chi connectivity index (χ3v) is 6.05. The molecule has 10 heteroatoms. The van der Waals surface area contributed by atoms with Crippen LogP contribution >= 0.6 is 0 Å². The number of non-ortho nitro benzene ring substituents is 1. The first-order chi connectivity index (χ1) is 16.3. The van der Waals surface area contributed by atoms with Crippen LogP contribution in [0.25, 0.3) is 0 Å². The number of nitrogens with zero attached hydrogens (tertiary/aromatic N) is 5. The van der Waals surface area contributed by atoms with E-state index in [1.165, 1.54) is 18.2 Å². The number of para-hydroxylation sites is 2. The molecule has 2 aromatic carbocycles. The molecule has 2 aliphatic rings. The number of nitro benzene ring substituents is 1. The average Bonchev–Trinajstić information content (AvgIpc) is 3.46. The van der Waals surface area contributed by atoms with Gasteiger partial charge in [0.1, 0.15) is 17.5 Å². The summed E-state index contributed by atoms with van der Waals surface area (Å²) in [6.07, 6.45) is 1.90. The number of fused-ring (bicyclic) bond motifs is 1. The molecule has 10 nitrogen and oxygen atoms in total. The van der Waals surface area contributed by atoms with Gasteiger partial charge in [0.2, 0.25) is 5.78 Å². The Morgan fingerprint density at radius 3 is 2.24 bits per heavy atom. The summed E-state index contributed by atoms with van der Waals surface area (Å²) in [5.74, 6) is -1.12. The maximum atomic E-state index is 12.9.